The topological polar surface area (TPSA) is 58.6 Å². The maximum absolute atomic E-state index is 11.8. The summed E-state index contributed by atoms with van der Waals surface area (Å²) in [6.45, 7) is 0.826. The number of thioether (sulfide) groups is 1. The first-order valence-corrected chi connectivity index (χ1v) is 8.64. The van der Waals surface area contributed by atoms with E-state index in [2.05, 4.69) is 5.32 Å². The molecule has 1 aromatic rings. The first kappa shape index (κ1) is 15.6. The van der Waals surface area contributed by atoms with E-state index in [1.165, 1.54) is 0 Å². The highest BCUT2D eigenvalue weighted by atomic mass is 32.2. The van der Waals surface area contributed by atoms with Gasteiger partial charge in [0.2, 0.25) is 5.91 Å². The van der Waals surface area contributed by atoms with Crippen LogP contribution in [0.3, 0.4) is 0 Å². The number of nitrogens with one attached hydrogen (secondary N) is 1. The molecule has 1 fully saturated rings. The van der Waals surface area contributed by atoms with E-state index < -0.39 is 0 Å². The van der Waals surface area contributed by atoms with Gasteiger partial charge in [0.15, 0.2) is 0 Å². The lowest BCUT2D eigenvalue weighted by molar-refractivity contribution is -0.118. The third-order valence-electron chi connectivity index (χ3n) is 3.12. The number of hydrogen-bond donors (Lipinski definition) is 2. The van der Waals surface area contributed by atoms with Gasteiger partial charge in [0.25, 0.3) is 0 Å². The number of thiophene rings is 1. The molecular weight excluding hydrogens is 294 g/mol. The van der Waals surface area contributed by atoms with Gasteiger partial charge >= 0.3 is 0 Å². The van der Waals surface area contributed by atoms with Gasteiger partial charge in [-0.1, -0.05) is 0 Å². The zero-order valence-corrected chi connectivity index (χ0v) is 12.8. The first-order chi connectivity index (χ1) is 9.74. The highest BCUT2D eigenvalue weighted by Gasteiger charge is 2.35. The predicted octanol–water partition coefficient (Wildman–Crippen LogP) is 1.76. The van der Waals surface area contributed by atoms with Crippen LogP contribution in [0.4, 0.5) is 0 Å². The lowest BCUT2D eigenvalue weighted by atomic mass is 10.0. The fraction of sp³-hybridized carbons (Fsp3) is 0.500. The molecule has 1 aromatic heterocycles. The van der Waals surface area contributed by atoms with Crippen LogP contribution in [0.15, 0.2) is 22.9 Å². The molecule has 2 heterocycles. The van der Waals surface area contributed by atoms with Crippen molar-refractivity contribution < 1.29 is 14.6 Å². The van der Waals surface area contributed by atoms with E-state index in [9.17, 15) is 4.79 Å². The second-order valence-corrected chi connectivity index (χ2v) is 6.55. The smallest absolute Gasteiger partial charge is 0.244 e. The molecule has 1 saturated heterocycles. The molecule has 6 heteroatoms. The van der Waals surface area contributed by atoms with E-state index >= 15 is 0 Å². The third kappa shape index (κ3) is 4.63. The monoisotopic (exact) mass is 313 g/mol. The molecule has 2 N–H and O–H groups in total. The zero-order valence-electron chi connectivity index (χ0n) is 11.2. The highest BCUT2D eigenvalue weighted by Crippen LogP contribution is 2.30. The van der Waals surface area contributed by atoms with E-state index in [1.54, 1.807) is 23.5 Å². The standard InChI is InChI=1S/C14H19NO3S2/c16-5-6-18-14(4-8-20-11-14)10-15-13(17)2-1-12-3-7-19-9-12/h1-3,7,9,16H,4-6,8,10-11H2,(H,15,17). The number of amides is 1. The van der Waals surface area contributed by atoms with Crippen LogP contribution in [0, 0.1) is 0 Å². The van der Waals surface area contributed by atoms with Crippen molar-refractivity contribution >= 4 is 35.1 Å². The second kappa shape index (κ2) is 7.83. The average Bonchev–Trinajstić information content (AvgIpc) is 3.13. The van der Waals surface area contributed by atoms with Crippen molar-refractivity contribution in [1.82, 2.24) is 5.32 Å². The van der Waals surface area contributed by atoms with Crippen LogP contribution in [0.1, 0.15) is 12.0 Å². The van der Waals surface area contributed by atoms with Crippen molar-refractivity contribution in [2.45, 2.75) is 12.0 Å². The van der Waals surface area contributed by atoms with Gasteiger partial charge in [0, 0.05) is 18.4 Å². The van der Waals surface area contributed by atoms with Crippen LogP contribution in [0.25, 0.3) is 6.08 Å². The molecule has 0 aromatic carbocycles. The Morgan fingerprint density at radius 1 is 1.60 bits per heavy atom. The quantitative estimate of drug-likeness (QED) is 0.753. The van der Waals surface area contributed by atoms with Gasteiger partial charge < -0.3 is 15.2 Å². The van der Waals surface area contributed by atoms with Crippen molar-refractivity contribution in [3.63, 3.8) is 0 Å². The van der Waals surface area contributed by atoms with Crippen LogP contribution in [-0.2, 0) is 9.53 Å². The Morgan fingerprint density at radius 2 is 2.50 bits per heavy atom. The SMILES string of the molecule is O=C(C=Cc1ccsc1)NCC1(OCCO)CCSC1. The fourth-order valence-electron chi connectivity index (χ4n) is 2.00. The summed E-state index contributed by atoms with van der Waals surface area (Å²) < 4.78 is 5.73. The van der Waals surface area contributed by atoms with Crippen LogP contribution in [0.5, 0.6) is 0 Å². The molecule has 2 rings (SSSR count). The van der Waals surface area contributed by atoms with E-state index in [1.807, 2.05) is 28.6 Å². The van der Waals surface area contributed by atoms with Gasteiger partial charge in [-0.2, -0.15) is 23.1 Å². The minimum absolute atomic E-state index is 0.0123. The van der Waals surface area contributed by atoms with E-state index in [4.69, 9.17) is 9.84 Å². The van der Waals surface area contributed by atoms with Gasteiger partial charge in [-0.3, -0.25) is 4.79 Å². The normalized spacial score (nSPS) is 22.4. The summed E-state index contributed by atoms with van der Waals surface area (Å²) in [7, 11) is 0. The van der Waals surface area contributed by atoms with Gasteiger partial charge in [-0.15, -0.1) is 0 Å². The number of hydrogen-bond acceptors (Lipinski definition) is 5. The van der Waals surface area contributed by atoms with Gasteiger partial charge in [0.1, 0.15) is 0 Å². The number of aliphatic hydroxyl groups is 1. The summed E-state index contributed by atoms with van der Waals surface area (Å²) in [5.74, 6) is 1.79. The molecule has 0 bridgehead atoms. The van der Waals surface area contributed by atoms with Crippen LogP contribution >= 0.6 is 23.1 Å². The zero-order chi connectivity index (χ0) is 14.3. The fourth-order valence-corrected chi connectivity index (χ4v) is 3.99. The molecule has 0 radical (unpaired) electrons. The number of carbonyl (C=O) groups is 1. The summed E-state index contributed by atoms with van der Waals surface area (Å²) in [6.07, 6.45) is 4.26. The van der Waals surface area contributed by atoms with Crippen molar-refractivity contribution in [1.29, 1.82) is 0 Å². The minimum Gasteiger partial charge on any atom is -0.394 e. The molecule has 0 saturated carbocycles. The van der Waals surface area contributed by atoms with Crippen molar-refractivity contribution in [2.24, 2.45) is 0 Å². The summed E-state index contributed by atoms with van der Waals surface area (Å²) in [5, 5.41) is 15.7. The van der Waals surface area contributed by atoms with Crippen molar-refractivity contribution in [3.05, 3.63) is 28.5 Å². The lowest BCUT2D eigenvalue weighted by Gasteiger charge is -2.28. The molecule has 1 atom stereocenters. The molecule has 0 aliphatic carbocycles. The lowest BCUT2D eigenvalue weighted by Crippen LogP contribution is -2.45. The Balaban J connectivity index is 1.81. The maximum Gasteiger partial charge on any atom is 0.244 e. The van der Waals surface area contributed by atoms with Gasteiger partial charge in [-0.05, 0) is 40.6 Å². The number of rotatable bonds is 7. The molecular formula is C14H19NO3S2. The Bertz CT molecular complexity index is 439. The summed E-state index contributed by atoms with van der Waals surface area (Å²) in [6, 6.07) is 1.97. The molecule has 110 valence electrons. The van der Waals surface area contributed by atoms with Crippen LogP contribution in [0.2, 0.25) is 0 Å². The molecule has 20 heavy (non-hydrogen) atoms. The van der Waals surface area contributed by atoms with Gasteiger partial charge in [0.05, 0.1) is 18.8 Å². The minimum atomic E-state index is -0.320. The molecule has 1 aliphatic heterocycles. The largest absolute Gasteiger partial charge is 0.394 e. The molecule has 1 aliphatic rings. The first-order valence-electron chi connectivity index (χ1n) is 6.55. The highest BCUT2D eigenvalue weighted by molar-refractivity contribution is 7.99. The van der Waals surface area contributed by atoms with E-state index in [0.717, 1.165) is 23.5 Å². The van der Waals surface area contributed by atoms with Crippen LogP contribution < -0.4 is 5.32 Å². The molecule has 0 spiro atoms. The molecule has 4 nitrogen and oxygen atoms in total. The maximum atomic E-state index is 11.8. The van der Waals surface area contributed by atoms with Crippen LogP contribution in [-0.4, -0.2) is 47.9 Å². The summed E-state index contributed by atoms with van der Waals surface area (Å²) >= 11 is 3.42. The third-order valence-corrected chi connectivity index (χ3v) is 5.05. The van der Waals surface area contributed by atoms with Crippen molar-refractivity contribution in [3.8, 4) is 0 Å². The van der Waals surface area contributed by atoms with E-state index in [0.29, 0.717) is 13.2 Å². The number of ether oxygens (including phenoxy) is 1. The Morgan fingerprint density at radius 3 is 3.15 bits per heavy atom. The number of carbonyl (C=O) groups excluding carboxylic acids is 1. The predicted molar refractivity (Wildman–Crippen MR) is 84.1 cm³/mol. The summed E-state index contributed by atoms with van der Waals surface area (Å²) in [5.41, 5.74) is 0.715. The Kier molecular flexibility index (Phi) is 6.09. The Labute approximate surface area is 127 Å². The summed E-state index contributed by atoms with van der Waals surface area (Å²) in [4.78, 5) is 11.8. The molecule has 1 unspecified atom stereocenters. The second-order valence-electron chi connectivity index (χ2n) is 4.67. The van der Waals surface area contributed by atoms with E-state index in [-0.39, 0.29) is 18.1 Å². The number of aliphatic hydroxyl groups excluding tert-OH is 1. The van der Waals surface area contributed by atoms with Gasteiger partial charge in [-0.25, -0.2) is 0 Å². The van der Waals surface area contributed by atoms with Crippen molar-refractivity contribution in [2.75, 3.05) is 31.3 Å². The molecule has 1 amide bonds. The Hall–Kier alpha value is -0.820. The average molecular weight is 313 g/mol.